The van der Waals surface area contributed by atoms with Crippen LogP contribution in [0.5, 0.6) is 0 Å². The summed E-state index contributed by atoms with van der Waals surface area (Å²) in [6, 6.07) is 2.57. The summed E-state index contributed by atoms with van der Waals surface area (Å²) in [4.78, 5) is 63.7. The Morgan fingerprint density at radius 2 is 1.59 bits per heavy atom. The number of fused-ring (bicyclic) bond motifs is 1. The number of amides is 3. The molecule has 1 aromatic carbocycles. The summed E-state index contributed by atoms with van der Waals surface area (Å²) in [5.41, 5.74) is 13.4. The van der Waals surface area contributed by atoms with Gasteiger partial charge in [0.25, 0.3) is 0 Å². The van der Waals surface area contributed by atoms with Crippen molar-refractivity contribution >= 4 is 40.6 Å². The van der Waals surface area contributed by atoms with Crippen LogP contribution in [-0.4, -0.2) is 75.6 Å². The molecule has 4 unspecified atom stereocenters. The number of aliphatic carboxylic acids is 2. The third kappa shape index (κ3) is 8.88. The third-order valence-corrected chi connectivity index (χ3v) is 5.77. The van der Waals surface area contributed by atoms with E-state index in [-0.39, 0.29) is 12.8 Å². The highest BCUT2D eigenvalue weighted by Crippen LogP contribution is 2.19. The average Bonchev–Trinajstić information content (AvgIpc) is 3.25. The molecule has 13 nitrogen and oxygen atoms in total. The van der Waals surface area contributed by atoms with Crippen LogP contribution in [0.25, 0.3) is 10.9 Å². The maximum atomic E-state index is 13.0. The number of carbonyl (C=O) groups excluding carboxylic acids is 3. The summed E-state index contributed by atoms with van der Waals surface area (Å²) >= 11 is 0. The molecule has 0 aliphatic heterocycles. The maximum Gasteiger partial charge on any atom is 0.325 e. The van der Waals surface area contributed by atoms with Crippen LogP contribution in [0, 0.1) is 0 Å². The molecule has 0 radical (unpaired) electrons. The topological polar surface area (TPSA) is 230 Å². The van der Waals surface area contributed by atoms with E-state index in [0.717, 1.165) is 16.5 Å². The summed E-state index contributed by atoms with van der Waals surface area (Å²) in [5, 5.41) is 26.1. The van der Waals surface area contributed by atoms with E-state index < -0.39 is 60.2 Å². The molecule has 0 aliphatic rings. The van der Waals surface area contributed by atoms with Gasteiger partial charge in [-0.15, -0.1) is 0 Å². The van der Waals surface area contributed by atoms with E-state index in [1.165, 1.54) is 6.92 Å². The first-order chi connectivity index (χ1) is 17.5. The van der Waals surface area contributed by atoms with Crippen molar-refractivity contribution in [3.63, 3.8) is 0 Å². The van der Waals surface area contributed by atoms with Crippen molar-refractivity contribution in [3.8, 4) is 0 Å². The van der Waals surface area contributed by atoms with Crippen molar-refractivity contribution in [1.82, 2.24) is 20.9 Å². The quantitative estimate of drug-likeness (QED) is 0.138. The Labute approximate surface area is 213 Å². The van der Waals surface area contributed by atoms with E-state index in [2.05, 4.69) is 20.9 Å². The number of carboxylic acids is 2. The third-order valence-electron chi connectivity index (χ3n) is 5.77. The lowest BCUT2D eigenvalue weighted by Crippen LogP contribution is -2.57. The highest BCUT2D eigenvalue weighted by atomic mass is 16.4. The summed E-state index contributed by atoms with van der Waals surface area (Å²) in [5.74, 6) is -5.09. The second-order valence-corrected chi connectivity index (χ2v) is 8.74. The Kier molecular flexibility index (Phi) is 11.0. The number of nitrogens with one attached hydrogen (secondary N) is 4. The lowest BCUT2D eigenvalue weighted by atomic mass is 10.0. The number of benzene rings is 1. The molecule has 2 aromatic rings. The number of nitrogens with two attached hydrogens (primary N) is 2. The van der Waals surface area contributed by atoms with Gasteiger partial charge in [0.15, 0.2) is 0 Å². The smallest absolute Gasteiger partial charge is 0.325 e. The van der Waals surface area contributed by atoms with Crippen molar-refractivity contribution in [1.29, 1.82) is 0 Å². The van der Waals surface area contributed by atoms with Gasteiger partial charge in [-0.3, -0.25) is 24.0 Å². The van der Waals surface area contributed by atoms with E-state index in [4.69, 9.17) is 21.7 Å². The SMILES string of the molecule is CC(NC(=O)C(CC(=O)O)NC(=O)C(CCCCN)NC(=O)C(N)Cc1c[nH]c2ccccc12)C(=O)O. The molecule has 13 heteroatoms. The number of para-hydroxylation sites is 1. The van der Waals surface area contributed by atoms with Gasteiger partial charge in [0, 0.05) is 17.1 Å². The number of H-pyrrole nitrogens is 1. The molecule has 1 aromatic heterocycles. The van der Waals surface area contributed by atoms with Gasteiger partial charge in [-0.2, -0.15) is 0 Å². The first-order valence-electron chi connectivity index (χ1n) is 11.9. The van der Waals surface area contributed by atoms with Gasteiger partial charge in [0.1, 0.15) is 18.1 Å². The molecule has 4 atom stereocenters. The zero-order chi connectivity index (χ0) is 27.5. The number of aromatic amines is 1. The maximum absolute atomic E-state index is 13.0. The second-order valence-electron chi connectivity index (χ2n) is 8.74. The highest BCUT2D eigenvalue weighted by molar-refractivity contribution is 5.95. The van der Waals surface area contributed by atoms with Gasteiger partial charge < -0.3 is 42.6 Å². The molecule has 0 spiro atoms. The van der Waals surface area contributed by atoms with E-state index >= 15 is 0 Å². The van der Waals surface area contributed by atoms with Gasteiger partial charge >= 0.3 is 11.9 Å². The van der Waals surface area contributed by atoms with E-state index in [0.29, 0.717) is 19.4 Å². The molecule has 37 heavy (non-hydrogen) atoms. The number of unbranched alkanes of at least 4 members (excludes halogenated alkanes) is 1. The Bertz CT molecular complexity index is 1120. The zero-order valence-electron chi connectivity index (χ0n) is 20.5. The summed E-state index contributed by atoms with van der Waals surface area (Å²) in [6.45, 7) is 1.56. The molecular weight excluding hydrogens is 484 g/mol. The van der Waals surface area contributed by atoms with Crippen molar-refractivity contribution in [2.75, 3.05) is 6.54 Å². The van der Waals surface area contributed by atoms with Gasteiger partial charge in [0.05, 0.1) is 12.5 Å². The van der Waals surface area contributed by atoms with Crippen LogP contribution in [0.15, 0.2) is 30.5 Å². The molecular formula is C24H34N6O7. The predicted octanol–water partition coefficient (Wildman–Crippen LogP) is -0.800. The lowest BCUT2D eigenvalue weighted by molar-refractivity contribution is -0.143. The van der Waals surface area contributed by atoms with Crippen molar-refractivity contribution in [3.05, 3.63) is 36.0 Å². The molecule has 0 fully saturated rings. The fourth-order valence-electron chi connectivity index (χ4n) is 3.70. The van der Waals surface area contributed by atoms with Crippen molar-refractivity contribution < 1.29 is 34.2 Å². The van der Waals surface area contributed by atoms with Crippen LogP contribution in [0.3, 0.4) is 0 Å². The molecule has 10 N–H and O–H groups in total. The minimum atomic E-state index is -1.55. The Balaban J connectivity index is 2.11. The van der Waals surface area contributed by atoms with Crippen LogP contribution >= 0.6 is 0 Å². The van der Waals surface area contributed by atoms with Gasteiger partial charge in [-0.25, -0.2) is 0 Å². The zero-order valence-corrected chi connectivity index (χ0v) is 20.5. The molecule has 2 rings (SSSR count). The molecule has 202 valence electrons. The fourth-order valence-corrected chi connectivity index (χ4v) is 3.70. The monoisotopic (exact) mass is 518 g/mol. The molecule has 0 saturated heterocycles. The minimum Gasteiger partial charge on any atom is -0.481 e. The Morgan fingerprint density at radius 3 is 2.24 bits per heavy atom. The van der Waals surface area contributed by atoms with Crippen LogP contribution in [-0.2, 0) is 30.4 Å². The Morgan fingerprint density at radius 1 is 0.946 bits per heavy atom. The minimum absolute atomic E-state index is 0.168. The molecule has 0 bridgehead atoms. The molecule has 0 saturated carbocycles. The van der Waals surface area contributed by atoms with Crippen LogP contribution < -0.4 is 27.4 Å². The first kappa shape index (κ1) is 29.3. The second kappa shape index (κ2) is 13.9. The Hall–Kier alpha value is -3.97. The van der Waals surface area contributed by atoms with Crippen molar-refractivity contribution in [2.45, 2.75) is 63.2 Å². The van der Waals surface area contributed by atoms with E-state index in [1.807, 2.05) is 24.3 Å². The number of rotatable bonds is 15. The number of carbonyl (C=O) groups is 5. The van der Waals surface area contributed by atoms with E-state index in [1.54, 1.807) is 6.20 Å². The van der Waals surface area contributed by atoms with Crippen molar-refractivity contribution in [2.24, 2.45) is 11.5 Å². The van der Waals surface area contributed by atoms with Crippen LogP contribution in [0.4, 0.5) is 0 Å². The number of hydrogen-bond donors (Lipinski definition) is 8. The largest absolute Gasteiger partial charge is 0.481 e. The average molecular weight is 519 g/mol. The first-order valence-corrected chi connectivity index (χ1v) is 11.9. The highest BCUT2D eigenvalue weighted by Gasteiger charge is 2.30. The van der Waals surface area contributed by atoms with Gasteiger partial charge in [-0.1, -0.05) is 18.2 Å². The summed E-state index contributed by atoms with van der Waals surface area (Å²) in [6.07, 6.45) is 2.38. The summed E-state index contributed by atoms with van der Waals surface area (Å²) in [7, 11) is 0. The standard InChI is InChI=1S/C24H34N6O7/c1-13(24(36)37)28-23(35)19(11-20(31)32)30-22(34)18(8-4-5-9-25)29-21(33)16(26)10-14-12-27-17-7-3-2-6-15(14)17/h2-3,6-7,12-13,16,18-19,27H,4-5,8-11,25-26H2,1H3,(H,28,35)(H,29,33)(H,30,34)(H,31,32)(H,36,37). The molecule has 0 aliphatic carbocycles. The molecule has 1 heterocycles. The number of aromatic nitrogens is 1. The number of hydrogen-bond acceptors (Lipinski definition) is 7. The van der Waals surface area contributed by atoms with Gasteiger partial charge in [-0.05, 0) is 50.8 Å². The lowest BCUT2D eigenvalue weighted by Gasteiger charge is -2.24. The number of carboxylic acid groups (broad SMARTS) is 2. The predicted molar refractivity (Wildman–Crippen MR) is 134 cm³/mol. The van der Waals surface area contributed by atoms with E-state index in [9.17, 15) is 24.0 Å². The molecule has 3 amide bonds. The van der Waals surface area contributed by atoms with Crippen LogP contribution in [0.2, 0.25) is 0 Å². The van der Waals surface area contributed by atoms with Crippen LogP contribution in [0.1, 0.15) is 38.2 Å². The fraction of sp³-hybridized carbons (Fsp3) is 0.458. The van der Waals surface area contributed by atoms with Gasteiger partial charge in [0.2, 0.25) is 17.7 Å². The normalized spacial score (nSPS) is 14.2. The summed E-state index contributed by atoms with van der Waals surface area (Å²) < 4.78 is 0.